The quantitative estimate of drug-likeness (QED) is 0.823. The van der Waals surface area contributed by atoms with Crippen LogP contribution in [0.2, 0.25) is 0 Å². The van der Waals surface area contributed by atoms with E-state index in [4.69, 9.17) is 4.74 Å². The number of carbonyl (C=O) groups is 1. The van der Waals surface area contributed by atoms with E-state index < -0.39 is 15.3 Å². The second-order valence-electron chi connectivity index (χ2n) is 5.94. The van der Waals surface area contributed by atoms with Crippen LogP contribution in [-0.2, 0) is 14.8 Å². The molecular weight excluding hydrogens is 316 g/mol. The summed E-state index contributed by atoms with van der Waals surface area (Å²) in [6, 6.07) is 9.03. The molecule has 2 aliphatic rings. The average Bonchev–Trinajstić information content (AvgIpc) is 2.62. The van der Waals surface area contributed by atoms with E-state index in [0.717, 1.165) is 0 Å². The Morgan fingerprint density at radius 3 is 2.48 bits per heavy atom. The molecule has 3 rings (SSSR count). The van der Waals surface area contributed by atoms with Gasteiger partial charge in [-0.2, -0.15) is 4.31 Å². The minimum absolute atomic E-state index is 0.0903. The van der Waals surface area contributed by atoms with Crippen molar-refractivity contribution in [2.45, 2.75) is 18.1 Å². The summed E-state index contributed by atoms with van der Waals surface area (Å²) in [7, 11) is -3.37. The van der Waals surface area contributed by atoms with E-state index in [9.17, 15) is 13.2 Å². The van der Waals surface area contributed by atoms with Crippen LogP contribution >= 0.6 is 0 Å². The van der Waals surface area contributed by atoms with Crippen LogP contribution < -0.4 is 0 Å². The number of morpholine rings is 1. The first-order valence-corrected chi connectivity index (χ1v) is 9.50. The summed E-state index contributed by atoms with van der Waals surface area (Å²) in [5, 5.41) is -0.512. The van der Waals surface area contributed by atoms with Gasteiger partial charge in [0.25, 0.3) is 5.91 Å². The number of ether oxygens (including phenoxy) is 1. The van der Waals surface area contributed by atoms with Gasteiger partial charge in [-0.1, -0.05) is 18.2 Å². The summed E-state index contributed by atoms with van der Waals surface area (Å²) in [5.41, 5.74) is 0.608. The fraction of sp³-hybridized carbons (Fsp3) is 0.562. The van der Waals surface area contributed by atoms with Crippen LogP contribution in [-0.4, -0.2) is 68.2 Å². The summed E-state index contributed by atoms with van der Waals surface area (Å²) >= 11 is 0. The predicted molar refractivity (Wildman–Crippen MR) is 86.7 cm³/mol. The lowest BCUT2D eigenvalue weighted by molar-refractivity contribution is 0.0686. The molecule has 0 unspecified atom stereocenters. The summed E-state index contributed by atoms with van der Waals surface area (Å²) in [5.74, 6) is -0.0903. The maximum absolute atomic E-state index is 12.8. The lowest BCUT2D eigenvalue weighted by Gasteiger charge is -2.36. The van der Waals surface area contributed by atoms with Crippen molar-refractivity contribution >= 4 is 15.9 Å². The van der Waals surface area contributed by atoms with Crippen LogP contribution in [0.25, 0.3) is 0 Å². The van der Waals surface area contributed by atoms with E-state index >= 15 is 0 Å². The van der Waals surface area contributed by atoms with Gasteiger partial charge in [0.2, 0.25) is 10.0 Å². The second kappa shape index (κ2) is 6.98. The van der Waals surface area contributed by atoms with Crippen molar-refractivity contribution in [1.29, 1.82) is 0 Å². The molecule has 0 bridgehead atoms. The first kappa shape index (κ1) is 16.4. The molecule has 0 aromatic heterocycles. The molecule has 6 nitrogen and oxygen atoms in total. The highest BCUT2D eigenvalue weighted by Gasteiger charge is 2.37. The number of benzene rings is 1. The molecule has 0 N–H and O–H groups in total. The summed E-state index contributed by atoms with van der Waals surface area (Å²) < 4.78 is 32.3. The van der Waals surface area contributed by atoms with E-state index in [1.54, 1.807) is 17.0 Å². The molecule has 0 saturated carbocycles. The Morgan fingerprint density at radius 1 is 1.09 bits per heavy atom. The van der Waals surface area contributed by atoms with Crippen LogP contribution in [0.15, 0.2) is 30.3 Å². The predicted octanol–water partition coefficient (Wildman–Crippen LogP) is 0.953. The lowest BCUT2D eigenvalue weighted by Crippen LogP contribution is -2.51. The average molecular weight is 338 g/mol. The molecule has 23 heavy (non-hydrogen) atoms. The minimum Gasteiger partial charge on any atom is -0.379 e. The van der Waals surface area contributed by atoms with E-state index in [1.165, 1.54) is 4.31 Å². The molecule has 2 fully saturated rings. The number of piperidine rings is 1. The summed E-state index contributed by atoms with van der Waals surface area (Å²) in [4.78, 5) is 14.2. The molecule has 0 aliphatic carbocycles. The molecule has 2 saturated heterocycles. The summed E-state index contributed by atoms with van der Waals surface area (Å²) in [6.07, 6.45) is 1.32. The van der Waals surface area contributed by atoms with E-state index in [2.05, 4.69) is 0 Å². The number of likely N-dealkylation sites (tertiary alicyclic amines) is 1. The normalized spacial score (nSPS) is 23.7. The number of rotatable bonds is 3. The maximum Gasteiger partial charge on any atom is 0.253 e. The maximum atomic E-state index is 12.8. The molecule has 2 heterocycles. The van der Waals surface area contributed by atoms with Crippen molar-refractivity contribution in [3.05, 3.63) is 35.9 Å². The highest BCUT2D eigenvalue weighted by atomic mass is 32.2. The Kier molecular flexibility index (Phi) is 4.99. The Balaban J connectivity index is 1.71. The fourth-order valence-electron chi connectivity index (χ4n) is 3.14. The van der Waals surface area contributed by atoms with Gasteiger partial charge in [-0.05, 0) is 25.0 Å². The highest BCUT2D eigenvalue weighted by molar-refractivity contribution is 7.89. The highest BCUT2D eigenvalue weighted by Crippen LogP contribution is 2.22. The first-order valence-electron chi connectivity index (χ1n) is 8.00. The van der Waals surface area contributed by atoms with E-state index in [-0.39, 0.29) is 12.5 Å². The number of hydrogen-bond donors (Lipinski definition) is 0. The zero-order valence-electron chi connectivity index (χ0n) is 13.1. The SMILES string of the molecule is O=C(c1ccccc1)N1CCC[C@H](S(=O)(=O)N2CCOCC2)C1. The molecule has 1 aromatic rings. The Labute approximate surface area is 137 Å². The number of sulfonamides is 1. The standard InChI is InChI=1S/C16H22N2O4S/c19-16(14-5-2-1-3-6-14)17-8-4-7-15(13-17)23(20,21)18-9-11-22-12-10-18/h1-3,5-6,15H,4,7-13H2/t15-/m0/s1. The molecule has 1 amide bonds. The van der Waals surface area contributed by atoms with Gasteiger partial charge >= 0.3 is 0 Å². The molecule has 7 heteroatoms. The molecule has 126 valence electrons. The van der Waals surface area contributed by atoms with Gasteiger partial charge < -0.3 is 9.64 Å². The van der Waals surface area contributed by atoms with Crippen molar-refractivity contribution < 1.29 is 17.9 Å². The Morgan fingerprint density at radius 2 is 1.78 bits per heavy atom. The van der Waals surface area contributed by atoms with Crippen molar-refractivity contribution in [2.24, 2.45) is 0 Å². The second-order valence-corrected chi connectivity index (χ2v) is 8.15. The fourth-order valence-corrected chi connectivity index (χ4v) is 5.05. The number of amides is 1. The van der Waals surface area contributed by atoms with Crippen molar-refractivity contribution in [2.75, 3.05) is 39.4 Å². The molecule has 0 radical (unpaired) electrons. The minimum atomic E-state index is -3.37. The van der Waals surface area contributed by atoms with Crippen molar-refractivity contribution in [3.8, 4) is 0 Å². The molecular formula is C16H22N2O4S. The van der Waals surface area contributed by atoms with Gasteiger partial charge in [0.15, 0.2) is 0 Å². The zero-order valence-corrected chi connectivity index (χ0v) is 13.9. The topological polar surface area (TPSA) is 66.9 Å². The zero-order chi connectivity index (χ0) is 16.3. The molecule has 1 aromatic carbocycles. The van der Waals surface area contributed by atoms with Crippen LogP contribution in [0, 0.1) is 0 Å². The van der Waals surface area contributed by atoms with Gasteiger partial charge in [-0.3, -0.25) is 4.79 Å². The van der Waals surface area contributed by atoms with Crippen LogP contribution in [0.4, 0.5) is 0 Å². The third kappa shape index (κ3) is 3.57. The van der Waals surface area contributed by atoms with Gasteiger partial charge in [-0.25, -0.2) is 8.42 Å². The van der Waals surface area contributed by atoms with E-state index in [0.29, 0.717) is 51.3 Å². The van der Waals surface area contributed by atoms with Gasteiger partial charge in [0, 0.05) is 31.7 Å². The van der Waals surface area contributed by atoms with Crippen LogP contribution in [0.1, 0.15) is 23.2 Å². The smallest absolute Gasteiger partial charge is 0.253 e. The largest absolute Gasteiger partial charge is 0.379 e. The third-order valence-electron chi connectivity index (χ3n) is 4.44. The Bertz CT molecular complexity index is 641. The number of carbonyl (C=O) groups excluding carboxylic acids is 1. The molecule has 1 atom stereocenters. The monoisotopic (exact) mass is 338 g/mol. The van der Waals surface area contributed by atoms with Crippen molar-refractivity contribution in [1.82, 2.24) is 9.21 Å². The summed E-state index contributed by atoms with van der Waals surface area (Å²) in [6.45, 7) is 2.59. The lowest BCUT2D eigenvalue weighted by atomic mass is 10.1. The molecule has 0 spiro atoms. The third-order valence-corrected chi connectivity index (χ3v) is 6.75. The number of nitrogens with zero attached hydrogens (tertiary/aromatic N) is 2. The van der Waals surface area contributed by atoms with E-state index in [1.807, 2.05) is 18.2 Å². The van der Waals surface area contributed by atoms with Crippen molar-refractivity contribution in [3.63, 3.8) is 0 Å². The molecule has 2 aliphatic heterocycles. The first-order chi connectivity index (χ1) is 11.1. The Hall–Kier alpha value is -1.44. The van der Waals surface area contributed by atoms with Gasteiger partial charge in [0.1, 0.15) is 0 Å². The van der Waals surface area contributed by atoms with Crippen LogP contribution in [0.5, 0.6) is 0 Å². The van der Waals surface area contributed by atoms with Gasteiger partial charge in [-0.15, -0.1) is 0 Å². The van der Waals surface area contributed by atoms with Crippen LogP contribution in [0.3, 0.4) is 0 Å². The number of hydrogen-bond acceptors (Lipinski definition) is 4. The van der Waals surface area contributed by atoms with Gasteiger partial charge in [0.05, 0.1) is 18.5 Å².